The minimum Gasteiger partial charge on any atom is -0.254 e. The Morgan fingerprint density at radius 3 is 2.50 bits per heavy atom. The van der Waals surface area contributed by atoms with Crippen LogP contribution in [0.2, 0.25) is 0 Å². The topological polar surface area (TPSA) is 12.9 Å². The van der Waals surface area contributed by atoms with E-state index in [1.807, 2.05) is 57.2 Å². The minimum absolute atomic E-state index is 0.974. The first-order valence-corrected chi connectivity index (χ1v) is 5.25. The van der Waals surface area contributed by atoms with Gasteiger partial charge in [0.25, 0.3) is 0 Å². The number of aromatic nitrogens is 1. The zero-order valence-corrected chi connectivity index (χ0v) is 9.83. The molecule has 0 bridgehead atoms. The zero-order chi connectivity index (χ0) is 10.8. The molecule has 0 aliphatic carbocycles. The van der Waals surface area contributed by atoms with Crippen molar-refractivity contribution in [3.8, 4) is 0 Å². The number of hydrogen-bond acceptors (Lipinski definition) is 2. The second kappa shape index (κ2) is 8.57. The molecule has 0 aliphatic heterocycles. The van der Waals surface area contributed by atoms with Gasteiger partial charge in [-0.3, -0.25) is 4.98 Å². The molecular formula is C12H17NS. The lowest BCUT2D eigenvalue weighted by atomic mass is 10.3. The summed E-state index contributed by atoms with van der Waals surface area (Å²) in [5.74, 6) is 0. The van der Waals surface area contributed by atoms with E-state index in [4.69, 9.17) is 0 Å². The Balaban J connectivity index is 0.000000791. The molecule has 76 valence electrons. The van der Waals surface area contributed by atoms with Crippen molar-refractivity contribution in [2.75, 3.05) is 0 Å². The predicted molar refractivity (Wildman–Crippen MR) is 67.5 cm³/mol. The number of allylic oxidation sites excluding steroid dienone is 2. The second-order valence-electron chi connectivity index (χ2n) is 2.40. The summed E-state index contributed by atoms with van der Waals surface area (Å²) in [6, 6.07) is 5.94. The van der Waals surface area contributed by atoms with Crippen LogP contribution in [-0.4, -0.2) is 4.98 Å². The summed E-state index contributed by atoms with van der Waals surface area (Å²) in [4.78, 5) is 4.30. The molecule has 0 saturated heterocycles. The maximum atomic E-state index is 4.30. The fourth-order valence-corrected chi connectivity index (χ4v) is 0.960. The molecule has 1 rings (SSSR count). The van der Waals surface area contributed by atoms with E-state index in [-0.39, 0.29) is 0 Å². The van der Waals surface area contributed by atoms with Crippen molar-refractivity contribution in [2.45, 2.75) is 20.8 Å². The van der Waals surface area contributed by atoms with E-state index in [1.54, 1.807) is 5.41 Å². The van der Waals surface area contributed by atoms with Crippen LogP contribution >= 0.6 is 12.6 Å². The van der Waals surface area contributed by atoms with Crippen molar-refractivity contribution in [3.05, 3.63) is 47.1 Å². The van der Waals surface area contributed by atoms with E-state index in [1.165, 1.54) is 0 Å². The maximum Gasteiger partial charge on any atom is 0.0632 e. The van der Waals surface area contributed by atoms with Gasteiger partial charge in [0.1, 0.15) is 0 Å². The third kappa shape index (κ3) is 5.60. The van der Waals surface area contributed by atoms with Crippen molar-refractivity contribution < 1.29 is 0 Å². The van der Waals surface area contributed by atoms with Gasteiger partial charge in [-0.2, -0.15) is 12.6 Å². The highest BCUT2D eigenvalue weighted by Crippen LogP contribution is 2.00. The fraction of sp³-hybridized carbons (Fsp3) is 0.250. The van der Waals surface area contributed by atoms with Crippen molar-refractivity contribution in [1.29, 1.82) is 0 Å². The van der Waals surface area contributed by atoms with Crippen LogP contribution in [0.4, 0.5) is 0 Å². The van der Waals surface area contributed by atoms with Gasteiger partial charge in [0.2, 0.25) is 0 Å². The highest BCUT2D eigenvalue weighted by molar-refractivity contribution is 7.83. The summed E-state index contributed by atoms with van der Waals surface area (Å²) in [6.07, 6.45) is 5.71. The molecule has 2 heteroatoms. The van der Waals surface area contributed by atoms with Crippen molar-refractivity contribution >= 4 is 18.7 Å². The summed E-state index contributed by atoms with van der Waals surface area (Å²) in [6.45, 7) is 5.98. The quantitative estimate of drug-likeness (QED) is 0.573. The Kier molecular flexibility index (Phi) is 7.95. The maximum absolute atomic E-state index is 4.30. The standard InChI is InChI=1S/C10H11NS.C2H6/c1-9-5-4-7-10(11-9)6-2-3-8-12;1-2/h2-8,12H,1H3;1-2H3/b6-2+,8-3-;. The lowest BCUT2D eigenvalue weighted by Crippen LogP contribution is -1.82. The lowest BCUT2D eigenvalue weighted by Gasteiger charge is -1.92. The predicted octanol–water partition coefficient (Wildman–Crippen LogP) is 3.87. The fourth-order valence-electron chi connectivity index (χ4n) is 0.861. The largest absolute Gasteiger partial charge is 0.254 e. The number of hydrogen-bond donors (Lipinski definition) is 1. The molecule has 1 heterocycles. The lowest BCUT2D eigenvalue weighted by molar-refractivity contribution is 1.18. The zero-order valence-electron chi connectivity index (χ0n) is 8.94. The van der Waals surface area contributed by atoms with E-state index < -0.39 is 0 Å². The number of thiol groups is 1. The van der Waals surface area contributed by atoms with Crippen LogP contribution in [0.3, 0.4) is 0 Å². The Morgan fingerprint density at radius 2 is 1.93 bits per heavy atom. The van der Waals surface area contributed by atoms with Crippen molar-refractivity contribution in [1.82, 2.24) is 4.98 Å². The van der Waals surface area contributed by atoms with E-state index in [9.17, 15) is 0 Å². The van der Waals surface area contributed by atoms with Gasteiger partial charge in [0.05, 0.1) is 5.69 Å². The van der Waals surface area contributed by atoms with E-state index >= 15 is 0 Å². The summed E-state index contributed by atoms with van der Waals surface area (Å²) in [5.41, 5.74) is 2.01. The first-order valence-electron chi connectivity index (χ1n) is 4.74. The summed E-state index contributed by atoms with van der Waals surface area (Å²) >= 11 is 3.94. The van der Waals surface area contributed by atoms with E-state index in [2.05, 4.69) is 17.6 Å². The third-order valence-electron chi connectivity index (χ3n) is 1.37. The van der Waals surface area contributed by atoms with Crippen molar-refractivity contribution in [2.24, 2.45) is 0 Å². The number of pyridine rings is 1. The molecule has 1 aromatic rings. The van der Waals surface area contributed by atoms with E-state index in [0.29, 0.717) is 0 Å². The van der Waals surface area contributed by atoms with Crippen LogP contribution in [0.5, 0.6) is 0 Å². The summed E-state index contributed by atoms with van der Waals surface area (Å²) in [5, 5.41) is 1.69. The second-order valence-corrected chi connectivity index (χ2v) is 2.70. The van der Waals surface area contributed by atoms with Crippen LogP contribution in [0.15, 0.2) is 35.8 Å². The number of aryl methyl sites for hydroxylation is 1. The van der Waals surface area contributed by atoms with Gasteiger partial charge in [0.15, 0.2) is 0 Å². The van der Waals surface area contributed by atoms with Gasteiger partial charge in [-0.15, -0.1) is 0 Å². The SMILES string of the molecule is CC.Cc1cccc(/C=C/C=C\S)n1. The summed E-state index contributed by atoms with van der Waals surface area (Å²) < 4.78 is 0. The van der Waals surface area contributed by atoms with Gasteiger partial charge >= 0.3 is 0 Å². The van der Waals surface area contributed by atoms with Gasteiger partial charge in [-0.05, 0) is 30.5 Å². The summed E-state index contributed by atoms with van der Waals surface area (Å²) in [7, 11) is 0. The average Bonchev–Trinajstić information content (AvgIpc) is 2.21. The number of rotatable bonds is 2. The van der Waals surface area contributed by atoms with Crippen LogP contribution in [-0.2, 0) is 0 Å². The van der Waals surface area contributed by atoms with Crippen LogP contribution in [0, 0.1) is 6.92 Å². The molecule has 1 aromatic heterocycles. The molecule has 0 radical (unpaired) electrons. The molecule has 0 N–H and O–H groups in total. The monoisotopic (exact) mass is 207 g/mol. The average molecular weight is 207 g/mol. The Hall–Kier alpha value is -1.02. The normalized spacial score (nSPS) is 10.3. The molecule has 0 fully saturated rings. The van der Waals surface area contributed by atoms with Crippen LogP contribution in [0.25, 0.3) is 6.08 Å². The highest BCUT2D eigenvalue weighted by Gasteiger charge is 1.86. The molecule has 0 aromatic carbocycles. The molecule has 0 unspecified atom stereocenters. The van der Waals surface area contributed by atoms with Crippen LogP contribution < -0.4 is 0 Å². The van der Waals surface area contributed by atoms with Gasteiger partial charge in [0, 0.05) is 5.69 Å². The molecule has 0 atom stereocenters. The first-order chi connectivity index (χ1) is 6.83. The third-order valence-corrected chi connectivity index (χ3v) is 1.55. The molecule has 0 amide bonds. The van der Waals surface area contributed by atoms with Gasteiger partial charge in [-0.1, -0.05) is 32.1 Å². The number of nitrogens with zero attached hydrogens (tertiary/aromatic N) is 1. The Bertz CT molecular complexity index is 303. The molecule has 0 saturated carbocycles. The molecule has 14 heavy (non-hydrogen) atoms. The molecule has 1 nitrogen and oxygen atoms in total. The minimum atomic E-state index is 0.974. The molecular weight excluding hydrogens is 190 g/mol. The van der Waals surface area contributed by atoms with Crippen molar-refractivity contribution in [3.63, 3.8) is 0 Å². The first kappa shape index (κ1) is 13.0. The molecule has 0 aliphatic rings. The Morgan fingerprint density at radius 1 is 1.21 bits per heavy atom. The smallest absolute Gasteiger partial charge is 0.0632 e. The van der Waals surface area contributed by atoms with E-state index in [0.717, 1.165) is 11.4 Å². The van der Waals surface area contributed by atoms with Gasteiger partial charge in [-0.25, -0.2) is 0 Å². The highest BCUT2D eigenvalue weighted by atomic mass is 32.1. The molecule has 0 spiro atoms. The van der Waals surface area contributed by atoms with Gasteiger partial charge < -0.3 is 0 Å². The Labute approximate surface area is 92.0 Å². The van der Waals surface area contributed by atoms with Crippen LogP contribution in [0.1, 0.15) is 25.2 Å².